The van der Waals surface area contributed by atoms with Crippen LogP contribution in [0.5, 0.6) is 0 Å². The van der Waals surface area contributed by atoms with E-state index in [1.54, 1.807) is 24.3 Å². The van der Waals surface area contributed by atoms with Crippen molar-refractivity contribution >= 4 is 33.6 Å². The highest BCUT2D eigenvalue weighted by molar-refractivity contribution is 9.10. The molecule has 2 heterocycles. The summed E-state index contributed by atoms with van der Waals surface area (Å²) >= 11 is 3.30. The molecule has 0 fully saturated rings. The zero-order valence-electron chi connectivity index (χ0n) is 13.9. The van der Waals surface area contributed by atoms with E-state index in [1.165, 1.54) is 24.2 Å². The van der Waals surface area contributed by atoms with Crippen LogP contribution >= 0.6 is 15.9 Å². The van der Waals surface area contributed by atoms with Crippen LogP contribution in [0.1, 0.15) is 28.4 Å². The number of aliphatic imine (C=N–C) groups is 1. The van der Waals surface area contributed by atoms with E-state index in [0.717, 1.165) is 10.7 Å². The van der Waals surface area contributed by atoms with Crippen molar-refractivity contribution in [2.24, 2.45) is 4.99 Å². The van der Waals surface area contributed by atoms with E-state index in [1.807, 2.05) is 0 Å². The molecule has 0 radical (unpaired) electrons. The number of nitrogens with zero attached hydrogens (tertiary/aromatic N) is 3. The predicted octanol–water partition coefficient (Wildman–Crippen LogP) is 3.14. The molecule has 26 heavy (non-hydrogen) atoms. The summed E-state index contributed by atoms with van der Waals surface area (Å²) in [7, 11) is 1.50. The molecule has 3 rings (SSSR count). The Bertz CT molecular complexity index is 870. The van der Waals surface area contributed by atoms with Gasteiger partial charge in [0.15, 0.2) is 12.4 Å². The molecule has 1 amide bonds. The molecule has 0 bridgehead atoms. The van der Waals surface area contributed by atoms with Gasteiger partial charge in [-0.1, -0.05) is 28.1 Å². The minimum absolute atomic E-state index is 0.00655. The van der Waals surface area contributed by atoms with Gasteiger partial charge in [-0.25, -0.2) is 9.38 Å². The molecule has 1 aliphatic rings. The van der Waals surface area contributed by atoms with Crippen LogP contribution in [0.25, 0.3) is 0 Å². The number of aromatic nitrogens is 1. The van der Waals surface area contributed by atoms with E-state index in [0.29, 0.717) is 5.56 Å². The summed E-state index contributed by atoms with van der Waals surface area (Å²) in [5, 5.41) is 0. The highest BCUT2D eigenvalue weighted by Crippen LogP contribution is 2.28. The van der Waals surface area contributed by atoms with Crippen molar-refractivity contribution in [2.45, 2.75) is 12.5 Å². The molecule has 6 nitrogen and oxygen atoms in total. The third-order valence-electron chi connectivity index (χ3n) is 3.96. The van der Waals surface area contributed by atoms with Gasteiger partial charge in [-0.2, -0.15) is 0 Å². The van der Waals surface area contributed by atoms with Crippen LogP contribution in [0, 0.1) is 5.82 Å². The molecule has 0 saturated heterocycles. The zero-order valence-corrected chi connectivity index (χ0v) is 15.4. The van der Waals surface area contributed by atoms with Crippen LogP contribution in [0.3, 0.4) is 0 Å². The number of rotatable bonds is 4. The summed E-state index contributed by atoms with van der Waals surface area (Å²) in [4.78, 5) is 33.6. The lowest BCUT2D eigenvalue weighted by atomic mass is 10.0. The number of hydrogen-bond acceptors (Lipinski definition) is 5. The van der Waals surface area contributed by atoms with Crippen molar-refractivity contribution in [1.82, 2.24) is 9.88 Å². The SMILES string of the molecule is CN1C(=O)CC(c2ccncc2F)N=C1OCC(=O)c1ccc(Br)cc1. The number of amidine groups is 1. The molecule has 134 valence electrons. The molecular weight excluding hydrogens is 405 g/mol. The molecule has 1 aromatic heterocycles. The second-order valence-electron chi connectivity index (χ2n) is 5.70. The summed E-state index contributed by atoms with van der Waals surface area (Å²) in [5.74, 6) is -1.06. The predicted molar refractivity (Wildman–Crippen MR) is 96.2 cm³/mol. The highest BCUT2D eigenvalue weighted by Gasteiger charge is 2.30. The quantitative estimate of drug-likeness (QED) is 0.713. The van der Waals surface area contributed by atoms with Crippen LogP contribution in [0.15, 0.2) is 52.2 Å². The first-order valence-electron chi connectivity index (χ1n) is 7.81. The Morgan fingerprint density at radius 3 is 2.77 bits per heavy atom. The van der Waals surface area contributed by atoms with Crippen LogP contribution in [0.2, 0.25) is 0 Å². The number of hydrogen-bond donors (Lipinski definition) is 0. The molecule has 0 N–H and O–H groups in total. The number of carbonyl (C=O) groups is 2. The molecule has 1 atom stereocenters. The summed E-state index contributed by atoms with van der Waals surface area (Å²) in [5.41, 5.74) is 0.747. The van der Waals surface area contributed by atoms with Crippen molar-refractivity contribution in [3.05, 3.63) is 64.1 Å². The second-order valence-corrected chi connectivity index (χ2v) is 6.62. The number of halogens is 2. The van der Waals surface area contributed by atoms with Crippen molar-refractivity contribution in [1.29, 1.82) is 0 Å². The van der Waals surface area contributed by atoms with Gasteiger partial charge in [0, 0.05) is 28.8 Å². The first kappa shape index (κ1) is 18.2. The third-order valence-corrected chi connectivity index (χ3v) is 4.49. The molecule has 0 aliphatic carbocycles. The lowest BCUT2D eigenvalue weighted by Gasteiger charge is -2.27. The molecule has 8 heteroatoms. The largest absolute Gasteiger partial charge is 0.456 e. The van der Waals surface area contributed by atoms with Gasteiger partial charge in [0.25, 0.3) is 6.02 Å². The number of ether oxygens (including phenoxy) is 1. The van der Waals surface area contributed by atoms with Gasteiger partial charge >= 0.3 is 0 Å². The second kappa shape index (κ2) is 7.74. The molecule has 0 saturated carbocycles. The number of pyridine rings is 1. The molecule has 1 aliphatic heterocycles. The van der Waals surface area contributed by atoms with Gasteiger partial charge in [-0.05, 0) is 18.2 Å². The van der Waals surface area contributed by atoms with Crippen molar-refractivity contribution < 1.29 is 18.7 Å². The highest BCUT2D eigenvalue weighted by atomic mass is 79.9. The fourth-order valence-corrected chi connectivity index (χ4v) is 2.76. The third kappa shape index (κ3) is 3.96. The van der Waals surface area contributed by atoms with E-state index in [9.17, 15) is 14.0 Å². The maximum atomic E-state index is 13.9. The Morgan fingerprint density at radius 2 is 2.08 bits per heavy atom. The van der Waals surface area contributed by atoms with Gasteiger partial charge in [0.1, 0.15) is 5.82 Å². The van der Waals surface area contributed by atoms with Gasteiger partial charge in [-0.3, -0.25) is 19.5 Å². The number of Topliss-reactive ketones (excluding diaryl/α,β-unsaturated/α-hetero) is 1. The lowest BCUT2D eigenvalue weighted by Crippen LogP contribution is -2.40. The Balaban J connectivity index is 1.76. The minimum atomic E-state index is -0.709. The van der Waals surface area contributed by atoms with Crippen LogP contribution in [-0.2, 0) is 9.53 Å². The monoisotopic (exact) mass is 419 g/mol. The van der Waals surface area contributed by atoms with Crippen molar-refractivity contribution in [3.8, 4) is 0 Å². The topological polar surface area (TPSA) is 71.9 Å². The summed E-state index contributed by atoms with van der Waals surface area (Å²) in [6.45, 7) is -0.274. The van der Waals surface area contributed by atoms with Gasteiger partial charge in [-0.15, -0.1) is 0 Å². The zero-order chi connectivity index (χ0) is 18.7. The standard InChI is InChI=1S/C18H15BrFN3O3/c1-23-17(25)8-15(13-6-7-21-9-14(13)20)22-18(23)26-10-16(24)11-2-4-12(19)5-3-11/h2-7,9,15H,8,10H2,1H3. The Labute approximate surface area is 157 Å². The van der Waals surface area contributed by atoms with Crippen LogP contribution in [0.4, 0.5) is 4.39 Å². The number of benzene rings is 1. The van der Waals surface area contributed by atoms with Crippen LogP contribution in [-0.4, -0.2) is 41.3 Å². The smallest absolute Gasteiger partial charge is 0.294 e. The number of carbonyl (C=O) groups excluding carboxylic acids is 2. The summed E-state index contributed by atoms with van der Waals surface area (Å²) in [6.07, 6.45) is 2.53. The van der Waals surface area contributed by atoms with Gasteiger partial charge in [0.2, 0.25) is 5.91 Å². The summed E-state index contributed by atoms with van der Waals surface area (Å²) < 4.78 is 20.3. The fourth-order valence-electron chi connectivity index (χ4n) is 2.49. The lowest BCUT2D eigenvalue weighted by molar-refractivity contribution is -0.128. The Kier molecular flexibility index (Phi) is 5.41. The van der Waals surface area contributed by atoms with Crippen LogP contribution < -0.4 is 0 Å². The maximum Gasteiger partial charge on any atom is 0.294 e. The van der Waals surface area contributed by atoms with Gasteiger partial charge in [0.05, 0.1) is 18.7 Å². The molecule has 1 aromatic carbocycles. The average molecular weight is 420 g/mol. The number of amides is 1. The molecular formula is C18H15BrFN3O3. The normalized spacial score (nSPS) is 17.0. The van der Waals surface area contributed by atoms with Crippen molar-refractivity contribution in [3.63, 3.8) is 0 Å². The van der Waals surface area contributed by atoms with Crippen molar-refractivity contribution in [2.75, 3.05) is 13.7 Å². The summed E-state index contributed by atoms with van der Waals surface area (Å²) in [6, 6.07) is 7.61. The van der Waals surface area contributed by atoms with E-state index < -0.39 is 11.9 Å². The molecule has 2 aromatic rings. The van der Waals surface area contributed by atoms with Gasteiger partial charge < -0.3 is 4.74 Å². The van der Waals surface area contributed by atoms with E-state index in [2.05, 4.69) is 25.9 Å². The fraction of sp³-hybridized carbons (Fsp3) is 0.222. The number of ketones is 1. The molecule has 1 unspecified atom stereocenters. The maximum absolute atomic E-state index is 13.9. The molecule has 0 spiro atoms. The van der Waals surface area contributed by atoms with E-state index >= 15 is 0 Å². The minimum Gasteiger partial charge on any atom is -0.456 e. The Hall–Kier alpha value is -2.61. The van der Waals surface area contributed by atoms with E-state index in [-0.39, 0.29) is 36.3 Å². The average Bonchev–Trinajstić information content (AvgIpc) is 2.63. The first-order chi connectivity index (χ1) is 12.5. The van der Waals surface area contributed by atoms with E-state index in [4.69, 9.17) is 4.74 Å². The Morgan fingerprint density at radius 1 is 1.35 bits per heavy atom. The first-order valence-corrected chi connectivity index (χ1v) is 8.60.